The Morgan fingerprint density at radius 2 is 1.92 bits per heavy atom. The van der Waals surface area contributed by atoms with E-state index in [2.05, 4.69) is 15.9 Å². The van der Waals surface area contributed by atoms with Crippen molar-refractivity contribution in [3.05, 3.63) is 34.3 Å². The average Bonchev–Trinajstić information content (AvgIpc) is 2.05. The third-order valence-electron chi connectivity index (χ3n) is 1.83. The van der Waals surface area contributed by atoms with Gasteiger partial charge in [0.25, 0.3) is 0 Å². The van der Waals surface area contributed by atoms with Crippen LogP contribution in [0.5, 0.6) is 0 Å². The van der Waals surface area contributed by atoms with Gasteiger partial charge >= 0.3 is 0 Å². The van der Waals surface area contributed by atoms with Gasteiger partial charge in [-0.05, 0) is 24.6 Å². The molecule has 0 aliphatic heterocycles. The van der Waals surface area contributed by atoms with Crippen molar-refractivity contribution >= 4 is 15.9 Å². The van der Waals surface area contributed by atoms with Crippen molar-refractivity contribution in [3.63, 3.8) is 0 Å². The van der Waals surface area contributed by atoms with Gasteiger partial charge in [0.1, 0.15) is 0 Å². The van der Waals surface area contributed by atoms with Crippen LogP contribution < -0.4 is 5.73 Å². The molecule has 12 heavy (non-hydrogen) atoms. The topological polar surface area (TPSA) is 46.2 Å². The standard InChI is InChI=1S/C9H12BrNO/c1-9(11,6-12)7-2-4-8(10)5-3-7/h2-5,12H,6,11H2,1H3/t9-/m1/s1. The monoisotopic (exact) mass is 229 g/mol. The summed E-state index contributed by atoms with van der Waals surface area (Å²) in [6, 6.07) is 7.63. The maximum atomic E-state index is 8.98. The maximum absolute atomic E-state index is 8.98. The highest BCUT2D eigenvalue weighted by atomic mass is 79.9. The minimum absolute atomic E-state index is 0.0470. The Morgan fingerprint density at radius 1 is 1.42 bits per heavy atom. The second kappa shape index (κ2) is 3.56. The second-order valence-corrected chi connectivity index (χ2v) is 4.00. The molecule has 0 radical (unpaired) electrons. The first-order valence-corrected chi connectivity index (χ1v) is 4.51. The smallest absolute Gasteiger partial charge is 0.0650 e. The number of hydrogen-bond donors (Lipinski definition) is 2. The van der Waals surface area contributed by atoms with Crippen molar-refractivity contribution in [2.24, 2.45) is 5.73 Å². The summed E-state index contributed by atoms with van der Waals surface area (Å²) in [5, 5.41) is 8.98. The van der Waals surface area contributed by atoms with Crippen LogP contribution in [0.15, 0.2) is 28.7 Å². The van der Waals surface area contributed by atoms with E-state index in [1.165, 1.54) is 0 Å². The molecular formula is C9H12BrNO. The lowest BCUT2D eigenvalue weighted by molar-refractivity contribution is 0.210. The second-order valence-electron chi connectivity index (χ2n) is 3.08. The Balaban J connectivity index is 2.96. The average molecular weight is 230 g/mol. The molecule has 1 aromatic rings. The lowest BCUT2D eigenvalue weighted by atomic mass is 9.95. The fraction of sp³-hybridized carbons (Fsp3) is 0.333. The molecule has 3 heteroatoms. The number of halogens is 1. The summed E-state index contributed by atoms with van der Waals surface area (Å²) in [6.45, 7) is 1.75. The third-order valence-corrected chi connectivity index (χ3v) is 2.36. The SMILES string of the molecule is C[C@@](N)(CO)c1ccc(Br)cc1. The van der Waals surface area contributed by atoms with E-state index in [-0.39, 0.29) is 6.61 Å². The summed E-state index contributed by atoms with van der Waals surface area (Å²) < 4.78 is 1.01. The normalized spacial score (nSPS) is 15.7. The van der Waals surface area contributed by atoms with Crippen LogP contribution in [-0.2, 0) is 5.54 Å². The fourth-order valence-electron chi connectivity index (χ4n) is 0.922. The Morgan fingerprint density at radius 3 is 2.33 bits per heavy atom. The van der Waals surface area contributed by atoms with Gasteiger partial charge in [0.05, 0.1) is 12.1 Å². The highest BCUT2D eigenvalue weighted by Gasteiger charge is 2.18. The first-order chi connectivity index (χ1) is 5.56. The zero-order chi connectivity index (χ0) is 9.19. The number of rotatable bonds is 2. The quantitative estimate of drug-likeness (QED) is 0.810. The van der Waals surface area contributed by atoms with E-state index in [1.54, 1.807) is 6.92 Å². The van der Waals surface area contributed by atoms with Crippen LogP contribution in [-0.4, -0.2) is 11.7 Å². The Bertz CT molecular complexity index is 256. The number of benzene rings is 1. The van der Waals surface area contributed by atoms with Crippen molar-refractivity contribution < 1.29 is 5.11 Å². The van der Waals surface area contributed by atoms with Gasteiger partial charge in [0, 0.05) is 4.47 Å². The summed E-state index contributed by atoms with van der Waals surface area (Å²) in [5.41, 5.74) is 6.12. The summed E-state index contributed by atoms with van der Waals surface area (Å²) >= 11 is 3.33. The zero-order valence-corrected chi connectivity index (χ0v) is 8.51. The highest BCUT2D eigenvalue weighted by molar-refractivity contribution is 9.10. The van der Waals surface area contributed by atoms with Crippen molar-refractivity contribution in [1.29, 1.82) is 0 Å². The molecule has 0 saturated carbocycles. The number of hydrogen-bond acceptors (Lipinski definition) is 2. The lowest BCUT2D eigenvalue weighted by Crippen LogP contribution is -2.36. The van der Waals surface area contributed by atoms with Gasteiger partial charge < -0.3 is 10.8 Å². The van der Waals surface area contributed by atoms with E-state index in [0.29, 0.717) is 0 Å². The molecule has 0 aliphatic carbocycles. The molecule has 3 N–H and O–H groups in total. The molecule has 0 aliphatic rings. The molecule has 0 bridgehead atoms. The molecule has 1 aromatic carbocycles. The van der Waals surface area contributed by atoms with Gasteiger partial charge in [-0.15, -0.1) is 0 Å². The predicted molar refractivity (Wildman–Crippen MR) is 52.8 cm³/mol. The number of aliphatic hydroxyl groups excluding tert-OH is 1. The van der Waals surface area contributed by atoms with Crippen LogP contribution in [0.2, 0.25) is 0 Å². The summed E-state index contributed by atoms with van der Waals surface area (Å²) in [6.07, 6.45) is 0. The minimum atomic E-state index is -0.638. The molecule has 2 nitrogen and oxygen atoms in total. The van der Waals surface area contributed by atoms with Gasteiger partial charge in [-0.1, -0.05) is 28.1 Å². The predicted octanol–water partition coefficient (Wildman–Crippen LogP) is 1.62. The van der Waals surface area contributed by atoms with Crippen molar-refractivity contribution in [2.75, 3.05) is 6.61 Å². The zero-order valence-electron chi connectivity index (χ0n) is 6.92. The highest BCUT2D eigenvalue weighted by Crippen LogP contribution is 2.19. The molecular weight excluding hydrogens is 218 g/mol. The summed E-state index contributed by atoms with van der Waals surface area (Å²) in [5.74, 6) is 0. The molecule has 0 unspecified atom stereocenters. The van der Waals surface area contributed by atoms with Crippen molar-refractivity contribution in [3.8, 4) is 0 Å². The summed E-state index contributed by atoms with van der Waals surface area (Å²) in [4.78, 5) is 0. The van der Waals surface area contributed by atoms with Crippen LogP contribution in [0.1, 0.15) is 12.5 Å². The van der Waals surface area contributed by atoms with Crippen molar-refractivity contribution in [1.82, 2.24) is 0 Å². The van der Waals surface area contributed by atoms with Crippen molar-refractivity contribution in [2.45, 2.75) is 12.5 Å². The van der Waals surface area contributed by atoms with Crippen LogP contribution in [0.4, 0.5) is 0 Å². The van der Waals surface area contributed by atoms with Gasteiger partial charge in [0.15, 0.2) is 0 Å². The molecule has 0 aromatic heterocycles. The number of nitrogens with two attached hydrogens (primary N) is 1. The fourth-order valence-corrected chi connectivity index (χ4v) is 1.19. The minimum Gasteiger partial charge on any atom is -0.394 e. The van der Waals surface area contributed by atoms with E-state index in [1.807, 2.05) is 24.3 Å². The van der Waals surface area contributed by atoms with Gasteiger partial charge in [-0.25, -0.2) is 0 Å². The van der Waals surface area contributed by atoms with Crippen LogP contribution in [0.25, 0.3) is 0 Å². The molecule has 0 saturated heterocycles. The van der Waals surface area contributed by atoms with E-state index in [0.717, 1.165) is 10.0 Å². The van der Waals surface area contributed by atoms with Crippen LogP contribution >= 0.6 is 15.9 Å². The van der Waals surface area contributed by atoms with E-state index in [9.17, 15) is 0 Å². The van der Waals surface area contributed by atoms with E-state index in [4.69, 9.17) is 10.8 Å². The van der Waals surface area contributed by atoms with Crippen LogP contribution in [0.3, 0.4) is 0 Å². The maximum Gasteiger partial charge on any atom is 0.0650 e. The molecule has 1 rings (SSSR count). The Labute approximate surface area is 80.5 Å². The Kier molecular flexibility index (Phi) is 2.88. The molecule has 0 amide bonds. The molecule has 0 fully saturated rings. The van der Waals surface area contributed by atoms with Crippen LogP contribution in [0, 0.1) is 0 Å². The number of aliphatic hydroxyl groups is 1. The van der Waals surface area contributed by atoms with Gasteiger partial charge in [0.2, 0.25) is 0 Å². The summed E-state index contributed by atoms with van der Waals surface area (Å²) in [7, 11) is 0. The molecule has 0 heterocycles. The molecule has 0 spiro atoms. The van der Waals surface area contributed by atoms with Gasteiger partial charge in [-0.2, -0.15) is 0 Å². The third kappa shape index (κ3) is 2.06. The van der Waals surface area contributed by atoms with E-state index >= 15 is 0 Å². The first kappa shape index (κ1) is 9.71. The lowest BCUT2D eigenvalue weighted by Gasteiger charge is -2.21. The largest absolute Gasteiger partial charge is 0.394 e. The first-order valence-electron chi connectivity index (χ1n) is 3.72. The van der Waals surface area contributed by atoms with Gasteiger partial charge in [-0.3, -0.25) is 0 Å². The molecule has 1 atom stereocenters. The van der Waals surface area contributed by atoms with E-state index < -0.39 is 5.54 Å². The molecule has 66 valence electrons. The Hall–Kier alpha value is -0.380.